The highest BCUT2D eigenvalue weighted by molar-refractivity contribution is 5.28. The summed E-state index contributed by atoms with van der Waals surface area (Å²) < 4.78 is 71.0. The maximum absolute atomic E-state index is 11.8. The summed E-state index contributed by atoms with van der Waals surface area (Å²) in [6.45, 7) is 0. The van der Waals surface area contributed by atoms with Crippen molar-refractivity contribution in [3.63, 3.8) is 0 Å². The van der Waals surface area contributed by atoms with E-state index in [-0.39, 0.29) is 11.5 Å². The predicted molar refractivity (Wildman–Crippen MR) is 94.3 cm³/mol. The number of hydrogen-bond acceptors (Lipinski definition) is 3. The third-order valence-electron chi connectivity index (χ3n) is 3.15. The van der Waals surface area contributed by atoms with Crippen molar-refractivity contribution in [2.24, 2.45) is 0 Å². The molecule has 3 nitrogen and oxygen atoms in total. The van der Waals surface area contributed by atoms with Gasteiger partial charge in [0.1, 0.15) is 17.2 Å². The summed E-state index contributed by atoms with van der Waals surface area (Å²) in [6.07, 6.45) is -8.65. The number of phenolic OH excluding ortho intramolecular Hbond substituents is 3. The highest BCUT2D eigenvalue weighted by Gasteiger charge is 2.30. The molecule has 156 valence electrons. The second-order valence-electron chi connectivity index (χ2n) is 5.42. The Bertz CT molecular complexity index is 787. The Labute approximate surface area is 162 Å². The van der Waals surface area contributed by atoms with Gasteiger partial charge in [0.25, 0.3) is 0 Å². The molecular formula is C20H16F6O3. The van der Waals surface area contributed by atoms with Crippen molar-refractivity contribution in [1.29, 1.82) is 0 Å². The molecule has 0 saturated carbocycles. The number of benzene rings is 3. The Hall–Kier alpha value is -3.36. The van der Waals surface area contributed by atoms with E-state index in [4.69, 9.17) is 15.3 Å². The van der Waals surface area contributed by atoms with E-state index in [1.54, 1.807) is 24.3 Å². The second-order valence-corrected chi connectivity index (χ2v) is 5.42. The first kappa shape index (κ1) is 23.7. The van der Waals surface area contributed by atoms with Gasteiger partial charge in [-0.2, -0.15) is 26.3 Å². The van der Waals surface area contributed by atoms with E-state index < -0.39 is 23.5 Å². The van der Waals surface area contributed by atoms with Gasteiger partial charge in [0.15, 0.2) is 0 Å². The van der Waals surface area contributed by atoms with Crippen molar-refractivity contribution in [3.05, 3.63) is 90.0 Å². The van der Waals surface area contributed by atoms with Gasteiger partial charge in [-0.25, -0.2) is 0 Å². The van der Waals surface area contributed by atoms with Gasteiger partial charge in [-0.05, 0) is 60.7 Å². The van der Waals surface area contributed by atoms with Crippen LogP contribution in [0.2, 0.25) is 0 Å². The van der Waals surface area contributed by atoms with Crippen LogP contribution in [-0.4, -0.2) is 15.3 Å². The van der Waals surface area contributed by atoms with Crippen LogP contribution in [0.3, 0.4) is 0 Å². The Balaban J connectivity index is 0.000000223. The normalized spacial score (nSPS) is 10.8. The smallest absolute Gasteiger partial charge is 0.416 e. The van der Waals surface area contributed by atoms with Crippen molar-refractivity contribution in [2.75, 3.05) is 0 Å². The fourth-order valence-corrected chi connectivity index (χ4v) is 1.73. The maximum atomic E-state index is 11.8. The number of phenols is 3. The summed E-state index contributed by atoms with van der Waals surface area (Å²) >= 11 is 0. The Morgan fingerprint density at radius 3 is 0.897 bits per heavy atom. The maximum Gasteiger partial charge on any atom is 0.416 e. The van der Waals surface area contributed by atoms with Crippen LogP contribution >= 0.6 is 0 Å². The molecule has 0 unspecified atom stereocenters. The van der Waals surface area contributed by atoms with E-state index in [2.05, 4.69) is 0 Å². The molecule has 0 aromatic heterocycles. The lowest BCUT2D eigenvalue weighted by Gasteiger charge is -2.04. The topological polar surface area (TPSA) is 60.7 Å². The van der Waals surface area contributed by atoms with Gasteiger partial charge in [0.2, 0.25) is 0 Å². The molecule has 0 saturated heterocycles. The van der Waals surface area contributed by atoms with Crippen LogP contribution < -0.4 is 0 Å². The van der Waals surface area contributed by atoms with Gasteiger partial charge in [-0.15, -0.1) is 0 Å². The SMILES string of the molecule is Oc1ccc(C(F)(F)F)cc1.Oc1ccc(C(F)(F)F)cc1.Oc1ccccc1. The van der Waals surface area contributed by atoms with E-state index in [0.717, 1.165) is 48.5 Å². The Morgan fingerprint density at radius 2 is 0.690 bits per heavy atom. The lowest BCUT2D eigenvalue weighted by Crippen LogP contribution is -2.03. The van der Waals surface area contributed by atoms with E-state index in [0.29, 0.717) is 5.75 Å². The molecule has 3 rings (SSSR count). The zero-order valence-electron chi connectivity index (χ0n) is 14.6. The third-order valence-corrected chi connectivity index (χ3v) is 3.15. The van der Waals surface area contributed by atoms with Gasteiger partial charge in [0.05, 0.1) is 11.1 Å². The van der Waals surface area contributed by atoms with Crippen molar-refractivity contribution in [3.8, 4) is 17.2 Å². The van der Waals surface area contributed by atoms with Crippen LogP contribution in [-0.2, 0) is 12.4 Å². The third kappa shape index (κ3) is 9.41. The molecule has 0 aliphatic carbocycles. The van der Waals surface area contributed by atoms with Crippen molar-refractivity contribution < 1.29 is 41.7 Å². The molecule has 3 aromatic carbocycles. The standard InChI is InChI=1S/2C7H5F3O.C6H6O/c2*8-7(9,10)5-1-3-6(11)4-2-5;7-6-4-2-1-3-5-6/h2*1-4,11H;1-5,7H. The van der Waals surface area contributed by atoms with Crippen molar-refractivity contribution in [1.82, 2.24) is 0 Å². The van der Waals surface area contributed by atoms with E-state index >= 15 is 0 Å². The average Bonchev–Trinajstić information content (AvgIpc) is 2.63. The van der Waals surface area contributed by atoms with Gasteiger partial charge >= 0.3 is 12.4 Å². The zero-order chi connectivity index (χ0) is 22.1. The lowest BCUT2D eigenvalue weighted by atomic mass is 10.2. The van der Waals surface area contributed by atoms with Crippen LogP contribution in [0, 0.1) is 0 Å². The molecule has 29 heavy (non-hydrogen) atoms. The molecule has 0 radical (unpaired) electrons. The minimum absolute atomic E-state index is 0.169. The number of rotatable bonds is 0. The molecule has 0 atom stereocenters. The predicted octanol–water partition coefficient (Wildman–Crippen LogP) is 6.21. The summed E-state index contributed by atoms with van der Waals surface area (Å²) in [5.41, 5.74) is -1.51. The van der Waals surface area contributed by atoms with E-state index in [1.807, 2.05) is 6.07 Å². The fraction of sp³-hybridized carbons (Fsp3) is 0.100. The molecular weight excluding hydrogens is 402 g/mol. The number of halogens is 6. The van der Waals surface area contributed by atoms with Crippen molar-refractivity contribution >= 4 is 0 Å². The van der Waals surface area contributed by atoms with E-state index in [9.17, 15) is 26.3 Å². The quantitative estimate of drug-likeness (QED) is 0.380. The molecule has 0 amide bonds. The molecule has 9 heteroatoms. The van der Waals surface area contributed by atoms with Gasteiger partial charge in [-0.1, -0.05) is 18.2 Å². The number of aromatic hydroxyl groups is 3. The Kier molecular flexibility index (Phi) is 8.38. The monoisotopic (exact) mass is 418 g/mol. The summed E-state index contributed by atoms with van der Waals surface area (Å²) in [5, 5.41) is 25.9. The lowest BCUT2D eigenvalue weighted by molar-refractivity contribution is -0.138. The molecule has 0 heterocycles. The molecule has 3 N–H and O–H groups in total. The zero-order valence-corrected chi connectivity index (χ0v) is 14.6. The Morgan fingerprint density at radius 1 is 0.414 bits per heavy atom. The summed E-state index contributed by atoms with van der Waals surface area (Å²) in [5.74, 6) is -0.0153. The van der Waals surface area contributed by atoms with Gasteiger partial charge < -0.3 is 15.3 Å². The molecule has 3 aromatic rings. The average molecular weight is 418 g/mol. The summed E-state index contributed by atoms with van der Waals surface area (Å²) in [7, 11) is 0. The first-order chi connectivity index (χ1) is 13.4. The number of alkyl halides is 6. The minimum Gasteiger partial charge on any atom is -0.508 e. The highest BCUT2D eigenvalue weighted by Crippen LogP contribution is 2.30. The largest absolute Gasteiger partial charge is 0.508 e. The highest BCUT2D eigenvalue weighted by atomic mass is 19.4. The van der Waals surface area contributed by atoms with Gasteiger partial charge in [0, 0.05) is 0 Å². The number of para-hydroxylation sites is 1. The minimum atomic E-state index is -4.33. The molecule has 0 spiro atoms. The molecule has 0 aliphatic heterocycles. The summed E-state index contributed by atoms with van der Waals surface area (Å²) in [6, 6.07) is 16.0. The van der Waals surface area contributed by atoms with Crippen LogP contribution in [0.15, 0.2) is 78.9 Å². The van der Waals surface area contributed by atoms with Crippen LogP contribution in [0.1, 0.15) is 11.1 Å². The van der Waals surface area contributed by atoms with Crippen LogP contribution in [0.4, 0.5) is 26.3 Å². The first-order valence-electron chi connectivity index (χ1n) is 7.86. The molecule has 0 aliphatic rings. The van der Waals surface area contributed by atoms with Gasteiger partial charge in [-0.3, -0.25) is 0 Å². The first-order valence-corrected chi connectivity index (χ1v) is 7.86. The number of hydrogen-bond donors (Lipinski definition) is 3. The second kappa shape index (κ2) is 10.3. The fourth-order valence-electron chi connectivity index (χ4n) is 1.73. The van der Waals surface area contributed by atoms with Crippen LogP contribution in [0.5, 0.6) is 17.2 Å². The molecule has 0 fully saturated rings. The van der Waals surface area contributed by atoms with Crippen LogP contribution in [0.25, 0.3) is 0 Å². The summed E-state index contributed by atoms with van der Waals surface area (Å²) in [4.78, 5) is 0. The van der Waals surface area contributed by atoms with Crippen molar-refractivity contribution in [2.45, 2.75) is 12.4 Å². The molecule has 0 bridgehead atoms. The van der Waals surface area contributed by atoms with E-state index in [1.165, 1.54) is 0 Å².